The van der Waals surface area contributed by atoms with Crippen LogP contribution < -0.4 is 15.4 Å². The third kappa shape index (κ3) is 5.99. The molecule has 2 N–H and O–H groups in total. The van der Waals surface area contributed by atoms with Gasteiger partial charge in [-0.05, 0) is 25.0 Å². The van der Waals surface area contributed by atoms with E-state index in [1.165, 1.54) is 11.1 Å². The highest BCUT2D eigenvalue weighted by Gasteiger charge is 2.04. The minimum atomic E-state index is 0.577. The number of guanidine groups is 1. The molecule has 6 nitrogen and oxygen atoms in total. The van der Waals surface area contributed by atoms with Crippen LogP contribution in [-0.2, 0) is 20.0 Å². The lowest BCUT2D eigenvalue weighted by molar-refractivity contribution is 0.409. The molecule has 25 heavy (non-hydrogen) atoms. The van der Waals surface area contributed by atoms with Crippen molar-refractivity contribution in [3.05, 3.63) is 59.9 Å². The average molecular weight is 341 g/mol. The van der Waals surface area contributed by atoms with Gasteiger partial charge in [0.25, 0.3) is 0 Å². The highest BCUT2D eigenvalue weighted by atomic mass is 16.5. The molecule has 0 spiro atoms. The third-order valence-corrected chi connectivity index (χ3v) is 3.71. The Morgan fingerprint density at radius 2 is 2.24 bits per heavy atom. The summed E-state index contributed by atoms with van der Waals surface area (Å²) in [5.41, 5.74) is 3.49. The molecule has 134 valence electrons. The summed E-state index contributed by atoms with van der Waals surface area (Å²) in [6.07, 6.45) is 6.45. The van der Waals surface area contributed by atoms with Gasteiger partial charge in [0.1, 0.15) is 5.75 Å². The molecule has 0 saturated carbocycles. The van der Waals surface area contributed by atoms with E-state index in [0.29, 0.717) is 13.1 Å². The number of rotatable bonds is 8. The van der Waals surface area contributed by atoms with Crippen LogP contribution in [0, 0.1) is 6.92 Å². The number of benzene rings is 1. The number of hydrogen-bond donors (Lipinski definition) is 2. The summed E-state index contributed by atoms with van der Waals surface area (Å²) in [5.74, 6) is 1.68. The summed E-state index contributed by atoms with van der Waals surface area (Å²) in [4.78, 5) is 4.60. The maximum atomic E-state index is 5.43. The van der Waals surface area contributed by atoms with Gasteiger partial charge in [-0.3, -0.25) is 4.68 Å². The smallest absolute Gasteiger partial charge is 0.191 e. The molecule has 0 atom stereocenters. The van der Waals surface area contributed by atoms with Crippen LogP contribution in [0.15, 0.2) is 48.2 Å². The van der Waals surface area contributed by atoms with Crippen LogP contribution in [-0.4, -0.2) is 35.9 Å². The standard InChI is InChI=1S/C19H27N5O/c1-5-9-20-19(22-12-16-13-23-24(3)14-16)21-10-8-17-11-15(2)6-7-18(17)25-4/h5-7,11,13-14H,1,8-10,12H2,2-4H3,(H2,20,21,22). The second-order valence-corrected chi connectivity index (χ2v) is 5.85. The molecule has 1 aromatic carbocycles. The van der Waals surface area contributed by atoms with Crippen molar-refractivity contribution in [2.45, 2.75) is 19.9 Å². The molecule has 1 aromatic heterocycles. The van der Waals surface area contributed by atoms with Gasteiger partial charge < -0.3 is 15.4 Å². The summed E-state index contributed by atoms with van der Waals surface area (Å²) in [6, 6.07) is 6.23. The fourth-order valence-electron chi connectivity index (χ4n) is 2.49. The zero-order chi connectivity index (χ0) is 18.1. The first-order valence-corrected chi connectivity index (χ1v) is 8.36. The lowest BCUT2D eigenvalue weighted by atomic mass is 10.1. The molecule has 0 amide bonds. The average Bonchev–Trinajstić information content (AvgIpc) is 3.02. The molecular weight excluding hydrogens is 314 g/mol. The molecule has 2 rings (SSSR count). The topological polar surface area (TPSA) is 63.5 Å². The lowest BCUT2D eigenvalue weighted by Gasteiger charge is -2.13. The van der Waals surface area contributed by atoms with Gasteiger partial charge in [-0.1, -0.05) is 23.8 Å². The Kier molecular flexibility index (Phi) is 7.07. The van der Waals surface area contributed by atoms with Crippen molar-refractivity contribution in [1.82, 2.24) is 20.4 Å². The first kappa shape index (κ1) is 18.6. The van der Waals surface area contributed by atoms with E-state index >= 15 is 0 Å². The molecule has 1 heterocycles. The Labute approximate surface area is 149 Å². The SMILES string of the molecule is C=CCNC(=NCc1cnn(C)c1)NCCc1cc(C)ccc1OC. The van der Waals surface area contributed by atoms with Crippen molar-refractivity contribution in [2.24, 2.45) is 12.0 Å². The predicted octanol–water partition coefficient (Wildman–Crippen LogP) is 2.20. The molecule has 0 aliphatic carbocycles. The number of ether oxygens (including phenoxy) is 1. The van der Waals surface area contributed by atoms with Crippen molar-refractivity contribution < 1.29 is 4.74 Å². The summed E-state index contributed by atoms with van der Waals surface area (Å²) in [6.45, 7) is 7.82. The Balaban J connectivity index is 1.95. The molecular formula is C19H27N5O. The minimum Gasteiger partial charge on any atom is -0.496 e. The quantitative estimate of drug-likeness (QED) is 0.439. The number of hydrogen-bond acceptors (Lipinski definition) is 3. The van der Waals surface area contributed by atoms with E-state index in [1.807, 2.05) is 31.6 Å². The van der Waals surface area contributed by atoms with Gasteiger partial charge in [-0.25, -0.2) is 4.99 Å². The van der Waals surface area contributed by atoms with Crippen molar-refractivity contribution in [3.8, 4) is 5.75 Å². The van der Waals surface area contributed by atoms with Gasteiger partial charge in [-0.2, -0.15) is 5.10 Å². The zero-order valence-electron chi connectivity index (χ0n) is 15.2. The van der Waals surface area contributed by atoms with Crippen LogP contribution in [0.5, 0.6) is 5.75 Å². The molecule has 0 aliphatic rings. The van der Waals surface area contributed by atoms with E-state index in [2.05, 4.69) is 46.4 Å². The van der Waals surface area contributed by atoms with Gasteiger partial charge in [0.05, 0.1) is 19.9 Å². The van der Waals surface area contributed by atoms with Crippen LogP contribution in [0.25, 0.3) is 0 Å². The summed E-state index contributed by atoms with van der Waals surface area (Å²) in [7, 11) is 3.60. The monoisotopic (exact) mass is 341 g/mol. The van der Waals surface area contributed by atoms with E-state index in [4.69, 9.17) is 4.74 Å². The molecule has 6 heteroatoms. The first-order chi connectivity index (χ1) is 12.1. The number of nitrogens with one attached hydrogen (secondary N) is 2. The van der Waals surface area contributed by atoms with Gasteiger partial charge in [0, 0.05) is 31.9 Å². The van der Waals surface area contributed by atoms with Gasteiger partial charge in [0.2, 0.25) is 0 Å². The number of aliphatic imine (C=N–C) groups is 1. The number of aryl methyl sites for hydroxylation is 2. The number of methoxy groups -OCH3 is 1. The Bertz CT molecular complexity index is 720. The van der Waals surface area contributed by atoms with Crippen LogP contribution >= 0.6 is 0 Å². The molecule has 0 saturated heterocycles. The summed E-state index contributed by atoms with van der Waals surface area (Å²) >= 11 is 0. The Morgan fingerprint density at radius 1 is 1.40 bits per heavy atom. The molecule has 0 bridgehead atoms. The minimum absolute atomic E-state index is 0.577. The molecule has 0 unspecified atom stereocenters. The number of aromatic nitrogens is 2. The zero-order valence-corrected chi connectivity index (χ0v) is 15.2. The van der Waals surface area contributed by atoms with E-state index in [-0.39, 0.29) is 0 Å². The Morgan fingerprint density at radius 3 is 2.92 bits per heavy atom. The maximum Gasteiger partial charge on any atom is 0.191 e. The summed E-state index contributed by atoms with van der Waals surface area (Å²) in [5, 5.41) is 10.8. The maximum absolute atomic E-state index is 5.43. The second-order valence-electron chi connectivity index (χ2n) is 5.85. The van der Waals surface area contributed by atoms with E-state index in [9.17, 15) is 0 Å². The van der Waals surface area contributed by atoms with E-state index in [0.717, 1.165) is 30.2 Å². The van der Waals surface area contributed by atoms with Gasteiger partial charge >= 0.3 is 0 Å². The van der Waals surface area contributed by atoms with E-state index < -0.39 is 0 Å². The lowest BCUT2D eigenvalue weighted by Crippen LogP contribution is -2.38. The van der Waals surface area contributed by atoms with Gasteiger partial charge in [0.15, 0.2) is 5.96 Å². The Hall–Kier alpha value is -2.76. The van der Waals surface area contributed by atoms with E-state index in [1.54, 1.807) is 11.8 Å². The predicted molar refractivity (Wildman–Crippen MR) is 102 cm³/mol. The third-order valence-electron chi connectivity index (χ3n) is 3.71. The highest BCUT2D eigenvalue weighted by Crippen LogP contribution is 2.19. The molecule has 0 fully saturated rings. The van der Waals surface area contributed by atoms with Crippen LogP contribution in [0.1, 0.15) is 16.7 Å². The van der Waals surface area contributed by atoms with Crippen molar-refractivity contribution in [3.63, 3.8) is 0 Å². The van der Waals surface area contributed by atoms with Crippen LogP contribution in [0.2, 0.25) is 0 Å². The second kappa shape index (κ2) is 9.52. The largest absolute Gasteiger partial charge is 0.496 e. The fourth-order valence-corrected chi connectivity index (χ4v) is 2.49. The van der Waals surface area contributed by atoms with Crippen molar-refractivity contribution in [2.75, 3.05) is 20.2 Å². The van der Waals surface area contributed by atoms with Gasteiger partial charge in [-0.15, -0.1) is 6.58 Å². The highest BCUT2D eigenvalue weighted by molar-refractivity contribution is 5.79. The molecule has 2 aromatic rings. The molecule has 0 aliphatic heterocycles. The normalized spacial score (nSPS) is 11.2. The molecule has 0 radical (unpaired) electrons. The summed E-state index contributed by atoms with van der Waals surface area (Å²) < 4.78 is 7.21. The number of nitrogens with zero attached hydrogens (tertiary/aromatic N) is 3. The first-order valence-electron chi connectivity index (χ1n) is 8.36. The van der Waals surface area contributed by atoms with Crippen LogP contribution in [0.4, 0.5) is 0 Å². The van der Waals surface area contributed by atoms with Crippen molar-refractivity contribution in [1.29, 1.82) is 0 Å². The van der Waals surface area contributed by atoms with Crippen molar-refractivity contribution >= 4 is 5.96 Å². The fraction of sp³-hybridized carbons (Fsp3) is 0.368. The van der Waals surface area contributed by atoms with Crippen LogP contribution in [0.3, 0.4) is 0 Å².